The molecule has 0 radical (unpaired) electrons. The fourth-order valence-corrected chi connectivity index (χ4v) is 10.6. The quantitative estimate of drug-likeness (QED) is 0.429. The molecule has 6 aliphatic rings. The van der Waals surface area contributed by atoms with Gasteiger partial charge in [-0.05, 0) is 104 Å². The van der Waals surface area contributed by atoms with Crippen LogP contribution in [0.5, 0.6) is 0 Å². The Kier molecular flexibility index (Phi) is 5.32. The third-order valence-corrected chi connectivity index (χ3v) is 12.2. The largest absolute Gasteiger partial charge is 0.463 e. The van der Waals surface area contributed by atoms with Crippen molar-refractivity contribution >= 4 is 5.97 Å². The van der Waals surface area contributed by atoms with Crippen molar-refractivity contribution < 1.29 is 19.0 Å². The number of hydrogen-bond donors (Lipinski definition) is 0. The number of hydrogen-bond acceptors (Lipinski definition) is 4. The molecule has 4 aliphatic carbocycles. The first kappa shape index (κ1) is 22.8. The molecule has 0 aromatic heterocycles. The fraction of sp³-hybridized carbons (Fsp3) is 0.966. The highest BCUT2D eigenvalue weighted by Crippen LogP contribution is 2.71. The van der Waals surface area contributed by atoms with E-state index in [9.17, 15) is 4.79 Å². The maximum atomic E-state index is 11.5. The number of carbonyl (C=O) groups excluding carboxylic acids is 1. The second-order valence-corrected chi connectivity index (χ2v) is 13.7. The summed E-state index contributed by atoms with van der Waals surface area (Å²) < 4.78 is 19.1. The SMILES string of the molecule is CC(=O)O[C@@H]1CC[C@@]2(C)[C@@H](CC[C@@H]3[C@H]2CC[C@@]2(C)[C@@H]4[C@H](C[C@H]32)O[C@]2(CC[C@H](C)CO2)[C@@H]4C)C1. The molecule has 2 saturated heterocycles. The van der Waals surface area contributed by atoms with E-state index in [0.717, 1.165) is 49.5 Å². The zero-order valence-corrected chi connectivity index (χ0v) is 21.6. The molecule has 186 valence electrons. The maximum absolute atomic E-state index is 11.5. The third kappa shape index (κ3) is 3.25. The van der Waals surface area contributed by atoms with Gasteiger partial charge in [-0.15, -0.1) is 0 Å². The number of ether oxygens (including phenoxy) is 3. The van der Waals surface area contributed by atoms with Crippen molar-refractivity contribution in [2.24, 2.45) is 52.3 Å². The number of carbonyl (C=O) groups is 1. The van der Waals surface area contributed by atoms with E-state index in [-0.39, 0.29) is 17.9 Å². The topological polar surface area (TPSA) is 44.8 Å². The van der Waals surface area contributed by atoms with E-state index < -0.39 is 0 Å². The summed E-state index contributed by atoms with van der Waals surface area (Å²) in [4.78, 5) is 11.5. The third-order valence-electron chi connectivity index (χ3n) is 12.2. The van der Waals surface area contributed by atoms with Crippen LogP contribution in [0.3, 0.4) is 0 Å². The van der Waals surface area contributed by atoms with Crippen LogP contribution in [0.15, 0.2) is 0 Å². The summed E-state index contributed by atoms with van der Waals surface area (Å²) in [5.41, 5.74) is 0.828. The van der Waals surface area contributed by atoms with Crippen molar-refractivity contribution in [3.05, 3.63) is 0 Å². The van der Waals surface area contributed by atoms with Gasteiger partial charge < -0.3 is 14.2 Å². The van der Waals surface area contributed by atoms with Crippen LogP contribution in [-0.2, 0) is 19.0 Å². The Morgan fingerprint density at radius 3 is 2.42 bits per heavy atom. The monoisotopic (exact) mass is 458 g/mol. The lowest BCUT2D eigenvalue weighted by molar-refractivity contribution is -0.273. The summed E-state index contributed by atoms with van der Waals surface area (Å²) in [5, 5.41) is 0. The van der Waals surface area contributed by atoms with Gasteiger partial charge in [0.25, 0.3) is 0 Å². The van der Waals surface area contributed by atoms with Crippen molar-refractivity contribution in [2.45, 2.75) is 117 Å². The zero-order chi connectivity index (χ0) is 23.2. The molecule has 0 amide bonds. The van der Waals surface area contributed by atoms with Crippen molar-refractivity contribution in [2.75, 3.05) is 6.61 Å². The first-order chi connectivity index (χ1) is 15.7. The number of fused-ring (bicyclic) bond motifs is 7. The smallest absolute Gasteiger partial charge is 0.302 e. The van der Waals surface area contributed by atoms with Gasteiger partial charge in [-0.2, -0.15) is 0 Å². The second kappa shape index (κ2) is 7.69. The van der Waals surface area contributed by atoms with Gasteiger partial charge in [0, 0.05) is 19.3 Å². The predicted octanol–water partition coefficient (Wildman–Crippen LogP) is 6.36. The van der Waals surface area contributed by atoms with Crippen LogP contribution in [0.2, 0.25) is 0 Å². The molecule has 2 aliphatic heterocycles. The Labute approximate surface area is 200 Å². The molecular formula is C29H46O4. The van der Waals surface area contributed by atoms with Crippen LogP contribution >= 0.6 is 0 Å². The normalized spacial score (nSPS) is 57.7. The van der Waals surface area contributed by atoms with Crippen molar-refractivity contribution in [3.63, 3.8) is 0 Å². The highest BCUT2D eigenvalue weighted by Gasteiger charge is 2.69. The summed E-state index contributed by atoms with van der Waals surface area (Å²) in [6.07, 6.45) is 12.9. The predicted molar refractivity (Wildman–Crippen MR) is 127 cm³/mol. The molecule has 4 saturated carbocycles. The average Bonchev–Trinajstić information content (AvgIpc) is 3.21. The van der Waals surface area contributed by atoms with Gasteiger partial charge in [0.05, 0.1) is 12.7 Å². The van der Waals surface area contributed by atoms with Crippen molar-refractivity contribution in [1.29, 1.82) is 0 Å². The Morgan fingerprint density at radius 1 is 0.909 bits per heavy atom. The van der Waals surface area contributed by atoms with E-state index in [1.165, 1.54) is 44.9 Å². The van der Waals surface area contributed by atoms with E-state index in [1.807, 2.05) is 0 Å². The van der Waals surface area contributed by atoms with Crippen molar-refractivity contribution in [3.8, 4) is 0 Å². The molecule has 4 nitrogen and oxygen atoms in total. The molecule has 6 fully saturated rings. The van der Waals surface area contributed by atoms with Crippen LogP contribution in [-0.4, -0.2) is 30.6 Å². The van der Waals surface area contributed by atoms with Crippen LogP contribution in [0.4, 0.5) is 0 Å². The molecular weight excluding hydrogens is 412 g/mol. The molecule has 0 unspecified atom stereocenters. The molecule has 4 heteroatoms. The lowest BCUT2D eigenvalue weighted by Crippen LogP contribution is -2.55. The number of rotatable bonds is 1. The molecule has 0 N–H and O–H groups in total. The minimum absolute atomic E-state index is 0.105. The van der Waals surface area contributed by atoms with Crippen LogP contribution in [0.25, 0.3) is 0 Å². The minimum Gasteiger partial charge on any atom is -0.463 e. The average molecular weight is 459 g/mol. The Morgan fingerprint density at radius 2 is 1.70 bits per heavy atom. The van der Waals surface area contributed by atoms with Crippen molar-refractivity contribution in [1.82, 2.24) is 0 Å². The van der Waals surface area contributed by atoms with Crippen LogP contribution in [0.1, 0.15) is 98.8 Å². The summed E-state index contributed by atoms with van der Waals surface area (Å²) in [6, 6.07) is 0. The highest BCUT2D eigenvalue weighted by molar-refractivity contribution is 5.66. The summed E-state index contributed by atoms with van der Waals surface area (Å²) >= 11 is 0. The standard InChI is InChI=1S/C29H46O4/c1-17-8-13-29(31-16-17)18(2)26-25(33-29)15-24-22-7-6-20-14-21(32-19(3)30)9-11-27(20,4)23(22)10-12-28(24,26)5/h17-18,20-26H,6-16H2,1-5H3/t17-,18+,20-,21+,22+,23+,24+,25-,26-,27-,28+,29+/m0/s1. The Balaban J connectivity index is 1.21. The Bertz CT molecular complexity index is 786. The lowest BCUT2D eigenvalue weighted by Gasteiger charge is -2.61. The molecule has 33 heavy (non-hydrogen) atoms. The van der Waals surface area contributed by atoms with Gasteiger partial charge in [-0.1, -0.05) is 27.7 Å². The van der Waals surface area contributed by atoms with Gasteiger partial charge in [-0.3, -0.25) is 4.79 Å². The molecule has 0 aromatic carbocycles. The molecule has 1 spiro atoms. The molecule has 0 bridgehead atoms. The summed E-state index contributed by atoms with van der Waals surface area (Å²) in [6.45, 7) is 12.4. The second-order valence-electron chi connectivity index (χ2n) is 13.7. The molecule has 6 rings (SSSR count). The van der Waals surface area contributed by atoms with Gasteiger partial charge in [-0.25, -0.2) is 0 Å². The lowest BCUT2D eigenvalue weighted by atomic mass is 9.44. The fourth-order valence-electron chi connectivity index (χ4n) is 10.6. The van der Waals surface area contributed by atoms with Crippen LogP contribution < -0.4 is 0 Å². The molecule has 2 heterocycles. The van der Waals surface area contributed by atoms with E-state index in [0.29, 0.717) is 34.7 Å². The highest BCUT2D eigenvalue weighted by atomic mass is 16.7. The first-order valence-corrected chi connectivity index (χ1v) is 14.2. The first-order valence-electron chi connectivity index (χ1n) is 14.2. The van der Waals surface area contributed by atoms with E-state index in [4.69, 9.17) is 14.2 Å². The van der Waals surface area contributed by atoms with E-state index in [2.05, 4.69) is 27.7 Å². The van der Waals surface area contributed by atoms with Crippen LogP contribution in [0, 0.1) is 52.3 Å². The maximum Gasteiger partial charge on any atom is 0.302 e. The van der Waals surface area contributed by atoms with Gasteiger partial charge >= 0.3 is 5.97 Å². The molecule has 0 aromatic rings. The Hall–Kier alpha value is -0.610. The summed E-state index contributed by atoms with van der Waals surface area (Å²) in [7, 11) is 0. The van der Waals surface area contributed by atoms with E-state index >= 15 is 0 Å². The van der Waals surface area contributed by atoms with Gasteiger partial charge in [0.15, 0.2) is 5.79 Å². The minimum atomic E-state index is -0.300. The van der Waals surface area contributed by atoms with Gasteiger partial charge in [0.1, 0.15) is 6.10 Å². The zero-order valence-electron chi connectivity index (χ0n) is 21.6. The summed E-state index contributed by atoms with van der Waals surface area (Å²) in [5.74, 6) is 4.63. The van der Waals surface area contributed by atoms with E-state index in [1.54, 1.807) is 6.92 Å². The molecule has 12 atom stereocenters. The number of esters is 1. The van der Waals surface area contributed by atoms with Gasteiger partial charge in [0.2, 0.25) is 0 Å².